The van der Waals surface area contributed by atoms with Crippen molar-refractivity contribution in [3.63, 3.8) is 0 Å². The summed E-state index contributed by atoms with van der Waals surface area (Å²) in [4.78, 5) is 41.1. The average Bonchev–Trinajstić information content (AvgIpc) is 3.41. The summed E-state index contributed by atoms with van der Waals surface area (Å²) in [5, 5.41) is 12.1. The fourth-order valence-electron chi connectivity index (χ4n) is 5.28. The molecule has 9 nitrogen and oxygen atoms in total. The second-order valence-electron chi connectivity index (χ2n) is 10.3. The molecular weight excluding hydrogens is 516 g/mol. The van der Waals surface area contributed by atoms with Crippen LogP contribution in [-0.2, 0) is 14.3 Å². The van der Waals surface area contributed by atoms with E-state index in [0.717, 1.165) is 55.3 Å². The smallest absolute Gasteiger partial charge is 0.304 e. The molecule has 206 valence electrons. The summed E-state index contributed by atoms with van der Waals surface area (Å²) in [6.45, 7) is 0.864. The molecule has 2 fully saturated rings. The lowest BCUT2D eigenvalue weighted by Gasteiger charge is -2.26. The van der Waals surface area contributed by atoms with Crippen molar-refractivity contribution in [2.45, 2.75) is 57.4 Å². The fraction of sp³-hybridized carbons (Fsp3) is 0.483. The molecule has 0 bridgehead atoms. The number of ether oxygens (including phenoxy) is 2. The minimum Gasteiger partial charge on any atom is -0.481 e. The van der Waals surface area contributed by atoms with Crippen LogP contribution >= 0.6 is 11.3 Å². The van der Waals surface area contributed by atoms with Gasteiger partial charge in [0.15, 0.2) is 5.13 Å². The number of anilines is 1. The first kappa shape index (κ1) is 27.2. The molecule has 5 rings (SSSR count). The summed E-state index contributed by atoms with van der Waals surface area (Å²) in [7, 11) is 1.61. The lowest BCUT2D eigenvalue weighted by molar-refractivity contribution is -0.141. The molecule has 2 aliphatic carbocycles. The van der Waals surface area contributed by atoms with E-state index in [9.17, 15) is 14.7 Å². The highest BCUT2D eigenvalue weighted by molar-refractivity contribution is 7.14. The lowest BCUT2D eigenvalue weighted by atomic mass is 9.90. The Kier molecular flexibility index (Phi) is 8.83. The molecule has 2 aromatic heterocycles. The first-order valence-electron chi connectivity index (χ1n) is 13.6. The second kappa shape index (κ2) is 12.7. The third-order valence-corrected chi connectivity index (χ3v) is 8.19. The van der Waals surface area contributed by atoms with Gasteiger partial charge in [-0.2, -0.15) is 0 Å². The van der Waals surface area contributed by atoms with E-state index in [4.69, 9.17) is 14.5 Å². The highest BCUT2D eigenvalue weighted by Gasteiger charge is 2.40. The maximum atomic E-state index is 13.8. The van der Waals surface area contributed by atoms with Gasteiger partial charge in [0, 0.05) is 35.6 Å². The van der Waals surface area contributed by atoms with Crippen LogP contribution < -0.4 is 9.64 Å². The van der Waals surface area contributed by atoms with Crippen LogP contribution in [0.5, 0.6) is 5.88 Å². The van der Waals surface area contributed by atoms with Crippen LogP contribution in [0.1, 0.15) is 51.4 Å². The third kappa shape index (κ3) is 6.80. The van der Waals surface area contributed by atoms with E-state index in [1.165, 1.54) is 11.3 Å². The van der Waals surface area contributed by atoms with Crippen LogP contribution in [0.4, 0.5) is 5.13 Å². The molecule has 2 saturated carbocycles. The molecule has 2 aliphatic rings. The zero-order valence-corrected chi connectivity index (χ0v) is 22.9. The molecule has 1 N–H and O–H groups in total. The molecule has 3 aromatic rings. The largest absolute Gasteiger partial charge is 0.481 e. The Bertz CT molecular complexity index is 1270. The maximum Gasteiger partial charge on any atom is 0.304 e. The summed E-state index contributed by atoms with van der Waals surface area (Å²) < 4.78 is 10.5. The minimum absolute atomic E-state index is 0.0862. The zero-order chi connectivity index (χ0) is 27.2. The molecule has 2 heterocycles. The van der Waals surface area contributed by atoms with Crippen molar-refractivity contribution < 1.29 is 24.2 Å². The van der Waals surface area contributed by atoms with Crippen molar-refractivity contribution in [1.29, 1.82) is 0 Å². The van der Waals surface area contributed by atoms with Crippen LogP contribution in [0.3, 0.4) is 0 Å². The second-order valence-corrected chi connectivity index (χ2v) is 11.1. The number of aromatic nitrogens is 3. The number of carbonyl (C=O) groups is 2. The molecular formula is C29H34N4O5S. The molecule has 1 unspecified atom stereocenters. The standard InChI is InChI=1S/C29H34N4O5S/c1-37-12-13-38-26-17-30-24(16-31-26)22-8-4-5-9-23(22)25-18-39-29(32-25)33(21-10-11-21)28(36)20(15-27(34)35)14-19-6-2-3-7-19/h4-5,8-9,16-21H,2-3,6-7,10-15H2,1H3,(H,34,35). The van der Waals surface area contributed by atoms with E-state index >= 15 is 0 Å². The van der Waals surface area contributed by atoms with Gasteiger partial charge >= 0.3 is 5.97 Å². The fourth-order valence-corrected chi connectivity index (χ4v) is 6.18. The number of hydrogen-bond donors (Lipinski definition) is 1. The number of rotatable bonds is 13. The third-order valence-electron chi connectivity index (χ3n) is 7.35. The number of carboxylic acid groups (broad SMARTS) is 1. The van der Waals surface area contributed by atoms with Crippen molar-refractivity contribution in [1.82, 2.24) is 15.0 Å². The number of nitrogens with zero attached hydrogens (tertiary/aromatic N) is 4. The Hall–Kier alpha value is -3.37. The summed E-state index contributed by atoms with van der Waals surface area (Å²) in [5.41, 5.74) is 3.20. The van der Waals surface area contributed by atoms with Gasteiger partial charge in [-0.1, -0.05) is 49.9 Å². The van der Waals surface area contributed by atoms with Gasteiger partial charge in [0.1, 0.15) is 6.61 Å². The van der Waals surface area contributed by atoms with E-state index in [-0.39, 0.29) is 18.4 Å². The number of hydrogen-bond acceptors (Lipinski definition) is 8. The highest BCUT2D eigenvalue weighted by Crippen LogP contribution is 2.40. The van der Waals surface area contributed by atoms with Crippen LogP contribution in [0.15, 0.2) is 42.0 Å². The van der Waals surface area contributed by atoms with Gasteiger partial charge in [0.2, 0.25) is 11.8 Å². The molecule has 10 heteroatoms. The van der Waals surface area contributed by atoms with E-state index in [0.29, 0.717) is 42.3 Å². The zero-order valence-electron chi connectivity index (χ0n) is 22.1. The van der Waals surface area contributed by atoms with E-state index < -0.39 is 11.9 Å². The van der Waals surface area contributed by atoms with Crippen molar-refractivity contribution in [2.75, 3.05) is 25.2 Å². The van der Waals surface area contributed by atoms with Gasteiger partial charge in [-0.3, -0.25) is 14.5 Å². The molecule has 0 radical (unpaired) electrons. The summed E-state index contributed by atoms with van der Waals surface area (Å²) >= 11 is 1.42. The number of amides is 1. The Morgan fingerprint density at radius 1 is 1.05 bits per heavy atom. The topological polar surface area (TPSA) is 115 Å². The Morgan fingerprint density at radius 2 is 1.79 bits per heavy atom. The van der Waals surface area contributed by atoms with Crippen LogP contribution in [0, 0.1) is 11.8 Å². The monoisotopic (exact) mass is 550 g/mol. The maximum absolute atomic E-state index is 13.8. The van der Waals surface area contributed by atoms with Crippen molar-refractivity contribution in [3.8, 4) is 28.4 Å². The quantitative estimate of drug-likeness (QED) is 0.279. The predicted octanol–water partition coefficient (Wildman–Crippen LogP) is 5.46. The van der Waals surface area contributed by atoms with Gasteiger partial charge < -0.3 is 14.6 Å². The Morgan fingerprint density at radius 3 is 2.44 bits per heavy atom. The molecule has 0 saturated heterocycles. The summed E-state index contributed by atoms with van der Waals surface area (Å²) in [6, 6.07) is 7.93. The van der Waals surface area contributed by atoms with Crippen molar-refractivity contribution in [2.24, 2.45) is 11.8 Å². The number of carbonyl (C=O) groups excluding carboxylic acids is 1. The molecule has 39 heavy (non-hydrogen) atoms. The first-order valence-corrected chi connectivity index (χ1v) is 14.5. The van der Waals surface area contributed by atoms with E-state index in [2.05, 4.69) is 9.97 Å². The van der Waals surface area contributed by atoms with E-state index in [1.807, 2.05) is 29.6 Å². The van der Waals surface area contributed by atoms with Gasteiger partial charge in [0.25, 0.3) is 0 Å². The number of benzene rings is 1. The van der Waals surface area contributed by atoms with E-state index in [1.54, 1.807) is 24.4 Å². The number of methoxy groups -OCH3 is 1. The molecule has 1 aromatic carbocycles. The predicted molar refractivity (Wildman–Crippen MR) is 149 cm³/mol. The van der Waals surface area contributed by atoms with Gasteiger partial charge in [-0.15, -0.1) is 11.3 Å². The molecule has 1 amide bonds. The highest BCUT2D eigenvalue weighted by atomic mass is 32.1. The van der Waals surface area contributed by atoms with Gasteiger partial charge in [-0.05, 0) is 25.2 Å². The van der Waals surface area contributed by atoms with Crippen molar-refractivity contribution >= 4 is 28.3 Å². The summed E-state index contributed by atoms with van der Waals surface area (Å²) in [6.07, 6.45) is 10.1. The Labute approximate surface area is 232 Å². The SMILES string of the molecule is COCCOc1cnc(-c2ccccc2-c2csc(N(C(=O)C(CC(=O)O)CC3CCCC3)C3CC3)n2)cn1. The van der Waals surface area contributed by atoms with Crippen LogP contribution in [0.25, 0.3) is 22.5 Å². The molecule has 1 atom stereocenters. The van der Waals surface area contributed by atoms with Crippen LogP contribution in [0.2, 0.25) is 0 Å². The summed E-state index contributed by atoms with van der Waals surface area (Å²) in [5.74, 6) is -0.694. The van der Waals surface area contributed by atoms with Gasteiger partial charge in [0.05, 0.1) is 36.8 Å². The number of carboxylic acids is 1. The Balaban J connectivity index is 1.38. The number of aliphatic carboxylic acids is 1. The molecule has 0 aliphatic heterocycles. The normalized spacial score (nSPS) is 16.2. The number of thiazole rings is 1. The molecule has 0 spiro atoms. The van der Waals surface area contributed by atoms with Crippen molar-refractivity contribution in [3.05, 3.63) is 42.0 Å². The van der Waals surface area contributed by atoms with Crippen LogP contribution in [-0.4, -0.2) is 58.3 Å². The first-order chi connectivity index (χ1) is 19.0. The lowest BCUT2D eigenvalue weighted by Crippen LogP contribution is -2.39. The van der Waals surface area contributed by atoms with Gasteiger partial charge in [-0.25, -0.2) is 15.0 Å². The minimum atomic E-state index is -0.924. The average molecular weight is 551 g/mol.